The van der Waals surface area contributed by atoms with Crippen LogP contribution in [0.25, 0.3) is 16.6 Å². The smallest absolute Gasteiger partial charge is 0.406 e. The number of hydrogen-bond acceptors (Lipinski definition) is 8. The summed E-state index contributed by atoms with van der Waals surface area (Å²) in [5.41, 5.74) is 5.14. The van der Waals surface area contributed by atoms with E-state index in [4.69, 9.17) is 4.74 Å². The lowest BCUT2D eigenvalue weighted by Crippen LogP contribution is -2.18. The Kier molecular flexibility index (Phi) is 10.8. The Bertz CT molecular complexity index is 1590. The average molecular weight is 727 g/mol. The molecule has 1 atom stereocenters. The number of nitrogens with zero attached hydrogens (tertiary/aromatic N) is 6. The molecule has 16 heteroatoms. The predicted molar refractivity (Wildman–Crippen MR) is 167 cm³/mol. The number of halogens is 4. The van der Waals surface area contributed by atoms with Gasteiger partial charge in [-0.1, -0.05) is 6.07 Å². The number of hydrogen-bond donors (Lipinski definition) is 3. The molecule has 1 unspecified atom stereocenters. The number of nitrogens with one attached hydrogen (secondary N) is 3. The Morgan fingerprint density at radius 3 is 2.58 bits per heavy atom. The SMILES string of the molecule is FC(F)(F)Oc1cc(CNCCCCOCCNc2cc(-n3cnnc3)cc3[nH]ncc23)cc(Cc2cnn(PI)c2)c1. The molecule has 0 bridgehead atoms. The van der Waals surface area contributed by atoms with Gasteiger partial charge in [-0.3, -0.25) is 9.67 Å². The van der Waals surface area contributed by atoms with Crippen LogP contribution in [0, 0.1) is 0 Å². The molecule has 0 spiro atoms. The van der Waals surface area contributed by atoms with E-state index in [9.17, 15) is 13.2 Å². The second-order valence-corrected chi connectivity index (χ2v) is 11.8. The Morgan fingerprint density at radius 2 is 1.79 bits per heavy atom. The van der Waals surface area contributed by atoms with Gasteiger partial charge in [0.15, 0.2) is 0 Å². The topological polar surface area (TPSA) is 120 Å². The first-order chi connectivity index (χ1) is 20.9. The Balaban J connectivity index is 1.02. The molecule has 3 aromatic heterocycles. The summed E-state index contributed by atoms with van der Waals surface area (Å²) >= 11 is 2.22. The highest BCUT2D eigenvalue weighted by atomic mass is 127. The molecule has 5 rings (SSSR count). The van der Waals surface area contributed by atoms with Crippen molar-refractivity contribution in [2.75, 3.05) is 31.6 Å². The van der Waals surface area contributed by atoms with Crippen LogP contribution < -0.4 is 15.4 Å². The minimum Gasteiger partial charge on any atom is -0.406 e. The lowest BCUT2D eigenvalue weighted by molar-refractivity contribution is -0.274. The lowest BCUT2D eigenvalue weighted by Gasteiger charge is -2.13. The van der Waals surface area contributed by atoms with E-state index in [2.05, 4.69) is 62.9 Å². The second kappa shape index (κ2) is 14.9. The summed E-state index contributed by atoms with van der Waals surface area (Å²) in [6.07, 6.45) is 6.59. The van der Waals surface area contributed by atoms with Gasteiger partial charge in [0.1, 0.15) is 18.4 Å². The van der Waals surface area contributed by atoms with E-state index in [1.54, 1.807) is 29.5 Å². The maximum absolute atomic E-state index is 12.9. The molecule has 0 saturated heterocycles. The van der Waals surface area contributed by atoms with Crippen molar-refractivity contribution in [1.29, 1.82) is 0 Å². The summed E-state index contributed by atoms with van der Waals surface area (Å²) in [5.74, 6) is -0.217. The minimum atomic E-state index is -4.75. The Labute approximate surface area is 260 Å². The molecule has 3 heterocycles. The minimum absolute atomic E-state index is 0.217. The van der Waals surface area contributed by atoms with Crippen molar-refractivity contribution >= 4 is 45.0 Å². The maximum atomic E-state index is 12.9. The van der Waals surface area contributed by atoms with Gasteiger partial charge in [-0.05, 0) is 82.4 Å². The van der Waals surface area contributed by atoms with Crippen LogP contribution in [0.2, 0.25) is 0 Å². The third-order valence-electron chi connectivity index (χ3n) is 6.43. The molecule has 5 aromatic rings. The summed E-state index contributed by atoms with van der Waals surface area (Å²) in [5, 5.41) is 26.8. The summed E-state index contributed by atoms with van der Waals surface area (Å²) in [6.45, 7) is 2.91. The van der Waals surface area contributed by atoms with Crippen LogP contribution in [0.1, 0.15) is 29.5 Å². The highest BCUT2D eigenvalue weighted by molar-refractivity contribution is 14.2. The van der Waals surface area contributed by atoms with Gasteiger partial charge in [0.25, 0.3) is 0 Å². The van der Waals surface area contributed by atoms with Crippen molar-refractivity contribution in [3.8, 4) is 11.4 Å². The zero-order valence-corrected chi connectivity index (χ0v) is 26.1. The number of rotatable bonds is 16. The van der Waals surface area contributed by atoms with Crippen molar-refractivity contribution < 1.29 is 22.6 Å². The van der Waals surface area contributed by atoms with Crippen LogP contribution in [0.4, 0.5) is 18.9 Å². The van der Waals surface area contributed by atoms with E-state index in [-0.39, 0.29) is 5.75 Å². The van der Waals surface area contributed by atoms with E-state index < -0.39 is 6.36 Å². The lowest BCUT2D eigenvalue weighted by atomic mass is 10.0. The zero-order chi connectivity index (χ0) is 30.1. The van der Waals surface area contributed by atoms with Gasteiger partial charge < -0.3 is 20.1 Å². The molecular formula is C27H30F3IN9O2P. The normalized spacial score (nSPS) is 12.1. The van der Waals surface area contributed by atoms with Crippen molar-refractivity contribution in [3.05, 3.63) is 78.3 Å². The third-order valence-corrected chi connectivity index (χ3v) is 8.33. The number of anilines is 1. The molecule has 228 valence electrons. The van der Waals surface area contributed by atoms with Crippen LogP contribution in [-0.2, 0) is 17.7 Å². The molecule has 0 amide bonds. The highest BCUT2D eigenvalue weighted by Crippen LogP contribution is 2.28. The van der Waals surface area contributed by atoms with Crippen LogP contribution in [0.5, 0.6) is 5.75 Å². The summed E-state index contributed by atoms with van der Waals surface area (Å²) < 4.78 is 52.4. The summed E-state index contributed by atoms with van der Waals surface area (Å²) in [7, 11) is 0. The maximum Gasteiger partial charge on any atom is 0.573 e. The zero-order valence-electron chi connectivity index (χ0n) is 22.9. The molecule has 3 N–H and O–H groups in total. The highest BCUT2D eigenvalue weighted by Gasteiger charge is 2.31. The quantitative estimate of drug-likeness (QED) is 0.0682. The number of ether oxygens (including phenoxy) is 2. The fraction of sp³-hybridized carbons (Fsp3) is 0.333. The molecule has 0 radical (unpaired) electrons. The molecular weight excluding hydrogens is 697 g/mol. The number of alkyl halides is 3. The van der Waals surface area contributed by atoms with Gasteiger partial charge in [-0.2, -0.15) is 10.2 Å². The van der Waals surface area contributed by atoms with Crippen LogP contribution in [-0.4, -0.2) is 67.2 Å². The molecule has 0 saturated carbocycles. The Hall–Kier alpha value is -3.27. The first-order valence-corrected chi connectivity index (χ1v) is 17.6. The molecule has 0 aliphatic rings. The van der Waals surface area contributed by atoms with Gasteiger partial charge in [-0.25, -0.2) is 4.45 Å². The van der Waals surface area contributed by atoms with Crippen molar-refractivity contribution in [1.82, 2.24) is 39.8 Å². The molecule has 2 aromatic carbocycles. The van der Waals surface area contributed by atoms with E-state index in [1.807, 2.05) is 29.0 Å². The molecule has 0 aliphatic heterocycles. The van der Waals surface area contributed by atoms with E-state index in [1.165, 1.54) is 12.1 Å². The third kappa shape index (κ3) is 9.36. The van der Waals surface area contributed by atoms with Gasteiger partial charge in [0, 0.05) is 43.4 Å². The predicted octanol–water partition coefficient (Wildman–Crippen LogP) is 5.62. The molecule has 43 heavy (non-hydrogen) atoms. The van der Waals surface area contributed by atoms with E-state index in [0.717, 1.165) is 51.8 Å². The number of H-pyrrole nitrogens is 1. The van der Waals surface area contributed by atoms with Gasteiger partial charge >= 0.3 is 6.36 Å². The van der Waals surface area contributed by atoms with Crippen LogP contribution >= 0.6 is 28.4 Å². The fourth-order valence-corrected chi connectivity index (χ4v) is 5.68. The molecule has 11 nitrogen and oxygen atoms in total. The van der Waals surface area contributed by atoms with Crippen molar-refractivity contribution in [2.45, 2.75) is 32.2 Å². The largest absolute Gasteiger partial charge is 0.573 e. The number of unbranched alkanes of at least 4 members (excludes halogenated alkanes) is 1. The number of aromatic amines is 1. The number of benzene rings is 2. The van der Waals surface area contributed by atoms with Gasteiger partial charge in [-0.15, -0.1) is 23.4 Å². The van der Waals surface area contributed by atoms with Crippen LogP contribution in [0.3, 0.4) is 0 Å². The van der Waals surface area contributed by atoms with E-state index in [0.29, 0.717) is 45.6 Å². The van der Waals surface area contributed by atoms with E-state index >= 15 is 0 Å². The monoisotopic (exact) mass is 727 g/mol. The standard InChI is InChI=1S/C27H30F3IN9O2P/c28-27(29,30)42-23-9-19(8-21-14-37-40(16-21)43-31)7-20(10-23)13-32-3-1-2-5-41-6-4-33-25-11-22(39-17-35-36-18-39)12-26-24(25)15-34-38-26/h7,9-12,14-18,32-33,43H,1-6,8,13H2,(H,34,38). The van der Waals surface area contributed by atoms with Gasteiger partial charge in [0.05, 0.1) is 36.6 Å². The number of aromatic nitrogens is 7. The average Bonchev–Trinajstić information content (AvgIpc) is 3.75. The van der Waals surface area contributed by atoms with Gasteiger partial charge in [0.2, 0.25) is 0 Å². The molecule has 0 aliphatic carbocycles. The summed E-state index contributed by atoms with van der Waals surface area (Å²) in [4.78, 5) is 0. The fourth-order valence-electron chi connectivity index (χ4n) is 4.57. The first kappa shape index (κ1) is 31.2. The molecule has 0 fully saturated rings. The number of fused-ring (bicyclic) bond motifs is 1. The van der Waals surface area contributed by atoms with Crippen LogP contribution in [0.15, 0.2) is 61.6 Å². The summed E-state index contributed by atoms with van der Waals surface area (Å²) in [6, 6.07) is 8.75. The first-order valence-electron chi connectivity index (χ1n) is 13.5. The second-order valence-electron chi connectivity index (χ2n) is 9.70. The van der Waals surface area contributed by atoms with Crippen molar-refractivity contribution in [2.24, 2.45) is 0 Å². The van der Waals surface area contributed by atoms with Crippen molar-refractivity contribution in [3.63, 3.8) is 0 Å². The Morgan fingerprint density at radius 1 is 0.953 bits per heavy atom.